The van der Waals surface area contributed by atoms with E-state index in [4.69, 9.17) is 5.11 Å². The number of aromatic carboxylic acids is 1. The monoisotopic (exact) mass is 259 g/mol. The highest BCUT2D eigenvalue weighted by Gasteiger charge is 2.15. The molecule has 0 fully saturated rings. The van der Waals surface area contributed by atoms with E-state index in [1.54, 1.807) is 10.6 Å². The van der Waals surface area contributed by atoms with Crippen molar-refractivity contribution in [1.82, 2.24) is 4.57 Å². The Bertz CT molecular complexity index is 333. The summed E-state index contributed by atoms with van der Waals surface area (Å²) in [5.41, 5.74) is 0.345. The number of rotatable bonds is 4. The molecule has 4 heteroatoms. The summed E-state index contributed by atoms with van der Waals surface area (Å²) in [6, 6.07) is 1.87. The van der Waals surface area contributed by atoms with Gasteiger partial charge >= 0.3 is 5.97 Å². The Morgan fingerprint density at radius 2 is 2.36 bits per heavy atom. The van der Waals surface area contributed by atoms with Gasteiger partial charge in [-0.1, -0.05) is 13.3 Å². The van der Waals surface area contributed by atoms with Crippen LogP contribution in [0.4, 0.5) is 0 Å². The van der Waals surface area contributed by atoms with Gasteiger partial charge in [0.05, 0.1) is 0 Å². The molecule has 0 bridgehead atoms. The van der Waals surface area contributed by atoms with Crippen molar-refractivity contribution in [3.8, 4) is 0 Å². The van der Waals surface area contributed by atoms with E-state index in [2.05, 4.69) is 22.9 Å². The molecule has 0 aliphatic rings. The molecular formula is C10H14BrNO2. The Morgan fingerprint density at radius 3 is 2.86 bits per heavy atom. The van der Waals surface area contributed by atoms with Crippen LogP contribution < -0.4 is 0 Å². The van der Waals surface area contributed by atoms with Crippen molar-refractivity contribution in [2.24, 2.45) is 0 Å². The van der Waals surface area contributed by atoms with Gasteiger partial charge in [0.25, 0.3) is 0 Å². The third kappa shape index (κ3) is 2.38. The van der Waals surface area contributed by atoms with E-state index in [9.17, 15) is 4.79 Å². The minimum absolute atomic E-state index is 0.234. The third-order valence-electron chi connectivity index (χ3n) is 2.22. The lowest BCUT2D eigenvalue weighted by atomic mass is 10.2. The second kappa shape index (κ2) is 4.64. The van der Waals surface area contributed by atoms with Gasteiger partial charge in [0, 0.05) is 16.7 Å². The summed E-state index contributed by atoms with van der Waals surface area (Å²) >= 11 is 3.29. The number of hydrogen-bond donors (Lipinski definition) is 1. The molecule has 1 rings (SSSR count). The fraction of sp³-hybridized carbons (Fsp3) is 0.500. The molecule has 78 valence electrons. The predicted molar refractivity (Wildman–Crippen MR) is 58.7 cm³/mol. The second-order valence-corrected chi connectivity index (χ2v) is 4.31. The summed E-state index contributed by atoms with van der Waals surface area (Å²) in [5.74, 6) is -0.876. The first-order valence-electron chi connectivity index (χ1n) is 4.67. The quantitative estimate of drug-likeness (QED) is 0.902. The fourth-order valence-corrected chi connectivity index (χ4v) is 1.98. The largest absolute Gasteiger partial charge is 0.477 e. The average Bonchev–Trinajstić information content (AvgIpc) is 2.48. The van der Waals surface area contributed by atoms with Crippen LogP contribution in [0.5, 0.6) is 0 Å². The van der Waals surface area contributed by atoms with Gasteiger partial charge in [0.2, 0.25) is 0 Å². The van der Waals surface area contributed by atoms with Crippen LogP contribution in [0.1, 0.15) is 43.2 Å². The van der Waals surface area contributed by atoms with Gasteiger partial charge < -0.3 is 9.67 Å². The van der Waals surface area contributed by atoms with Crippen LogP contribution in [0, 0.1) is 0 Å². The standard InChI is InChI=1S/C10H14BrNO2/c1-3-4-7(2)12-6-8(11)5-9(12)10(13)14/h5-7H,3-4H2,1-2H3,(H,13,14). The Labute approximate surface area is 91.9 Å². The van der Waals surface area contributed by atoms with Gasteiger partial charge in [-0.15, -0.1) is 0 Å². The van der Waals surface area contributed by atoms with E-state index >= 15 is 0 Å². The highest BCUT2D eigenvalue weighted by molar-refractivity contribution is 9.10. The molecule has 0 aliphatic carbocycles. The normalized spacial score (nSPS) is 12.8. The van der Waals surface area contributed by atoms with Crippen LogP contribution in [-0.4, -0.2) is 15.6 Å². The van der Waals surface area contributed by atoms with Crippen molar-refractivity contribution in [1.29, 1.82) is 0 Å². The molecular weight excluding hydrogens is 246 g/mol. The summed E-state index contributed by atoms with van der Waals surface area (Å²) in [6.45, 7) is 4.12. The molecule has 3 nitrogen and oxygen atoms in total. The summed E-state index contributed by atoms with van der Waals surface area (Å²) in [7, 11) is 0. The second-order valence-electron chi connectivity index (χ2n) is 3.39. The molecule has 1 aromatic heterocycles. The summed E-state index contributed by atoms with van der Waals surface area (Å²) < 4.78 is 2.62. The molecule has 0 radical (unpaired) electrons. The van der Waals surface area contributed by atoms with E-state index in [1.807, 2.05) is 13.1 Å². The maximum absolute atomic E-state index is 10.9. The van der Waals surface area contributed by atoms with E-state index in [1.165, 1.54) is 0 Å². The molecule has 0 saturated carbocycles. The number of carbonyl (C=O) groups is 1. The Balaban J connectivity index is 3.00. The van der Waals surface area contributed by atoms with Crippen molar-refractivity contribution in [3.63, 3.8) is 0 Å². The molecule has 0 aromatic carbocycles. The number of aromatic nitrogens is 1. The first kappa shape index (κ1) is 11.3. The molecule has 1 unspecified atom stereocenters. The zero-order chi connectivity index (χ0) is 10.7. The number of hydrogen-bond acceptors (Lipinski definition) is 1. The van der Waals surface area contributed by atoms with Crippen LogP contribution in [0.25, 0.3) is 0 Å². The number of nitrogens with zero attached hydrogens (tertiary/aromatic N) is 1. The Hall–Kier alpha value is -0.770. The van der Waals surface area contributed by atoms with Crippen LogP contribution in [-0.2, 0) is 0 Å². The molecule has 1 atom stereocenters. The van der Waals surface area contributed by atoms with Crippen molar-refractivity contribution < 1.29 is 9.90 Å². The fourth-order valence-electron chi connectivity index (χ4n) is 1.54. The zero-order valence-electron chi connectivity index (χ0n) is 8.33. The molecule has 0 saturated heterocycles. The molecule has 0 spiro atoms. The first-order chi connectivity index (χ1) is 6.56. The molecule has 0 aliphatic heterocycles. The Kier molecular flexibility index (Phi) is 3.75. The van der Waals surface area contributed by atoms with E-state index in [-0.39, 0.29) is 6.04 Å². The summed E-state index contributed by atoms with van der Waals surface area (Å²) in [6.07, 6.45) is 3.86. The van der Waals surface area contributed by atoms with Crippen LogP contribution >= 0.6 is 15.9 Å². The van der Waals surface area contributed by atoms with E-state index < -0.39 is 5.97 Å². The topological polar surface area (TPSA) is 42.2 Å². The van der Waals surface area contributed by atoms with Crippen molar-refractivity contribution in [2.75, 3.05) is 0 Å². The highest BCUT2D eigenvalue weighted by Crippen LogP contribution is 2.22. The van der Waals surface area contributed by atoms with Gasteiger partial charge in [-0.05, 0) is 35.3 Å². The van der Waals surface area contributed by atoms with Gasteiger partial charge in [0.15, 0.2) is 0 Å². The average molecular weight is 260 g/mol. The number of carboxylic acid groups (broad SMARTS) is 1. The predicted octanol–water partition coefficient (Wildman–Crippen LogP) is 3.31. The Morgan fingerprint density at radius 1 is 1.71 bits per heavy atom. The smallest absolute Gasteiger partial charge is 0.352 e. The molecule has 1 heterocycles. The highest BCUT2D eigenvalue weighted by atomic mass is 79.9. The summed E-state index contributed by atoms with van der Waals surface area (Å²) in [4.78, 5) is 10.9. The maximum Gasteiger partial charge on any atom is 0.352 e. The van der Waals surface area contributed by atoms with Gasteiger partial charge in [-0.25, -0.2) is 4.79 Å². The molecule has 1 N–H and O–H groups in total. The molecule has 1 aromatic rings. The minimum Gasteiger partial charge on any atom is -0.477 e. The molecule has 0 amide bonds. The number of carboxylic acids is 1. The van der Waals surface area contributed by atoms with Crippen LogP contribution in [0.3, 0.4) is 0 Å². The third-order valence-corrected chi connectivity index (χ3v) is 2.65. The molecule has 14 heavy (non-hydrogen) atoms. The SMILES string of the molecule is CCCC(C)n1cc(Br)cc1C(=O)O. The number of halogens is 1. The first-order valence-corrected chi connectivity index (χ1v) is 5.46. The van der Waals surface area contributed by atoms with Crippen molar-refractivity contribution in [2.45, 2.75) is 32.7 Å². The van der Waals surface area contributed by atoms with E-state index in [0.29, 0.717) is 5.69 Å². The lowest BCUT2D eigenvalue weighted by molar-refractivity contribution is 0.0682. The van der Waals surface area contributed by atoms with Gasteiger partial charge in [-0.3, -0.25) is 0 Å². The van der Waals surface area contributed by atoms with Crippen LogP contribution in [0.15, 0.2) is 16.7 Å². The summed E-state index contributed by atoms with van der Waals surface area (Å²) in [5, 5.41) is 8.95. The maximum atomic E-state index is 10.9. The van der Waals surface area contributed by atoms with Gasteiger partial charge in [-0.2, -0.15) is 0 Å². The lowest BCUT2D eigenvalue weighted by Crippen LogP contribution is -2.11. The van der Waals surface area contributed by atoms with Gasteiger partial charge in [0.1, 0.15) is 5.69 Å². The van der Waals surface area contributed by atoms with Crippen molar-refractivity contribution >= 4 is 21.9 Å². The van der Waals surface area contributed by atoms with Crippen LogP contribution in [0.2, 0.25) is 0 Å². The van der Waals surface area contributed by atoms with E-state index in [0.717, 1.165) is 17.3 Å². The zero-order valence-corrected chi connectivity index (χ0v) is 9.91. The van der Waals surface area contributed by atoms with Crippen molar-refractivity contribution in [3.05, 3.63) is 22.4 Å². The lowest BCUT2D eigenvalue weighted by Gasteiger charge is -2.14. The minimum atomic E-state index is -0.876.